The maximum atomic E-state index is 12.9. The molecule has 3 fully saturated rings. The van der Waals surface area contributed by atoms with Gasteiger partial charge in [0.25, 0.3) is 5.91 Å². The number of ether oxygens (including phenoxy) is 1. The first-order valence-electron chi connectivity index (χ1n) is 12.0. The van der Waals surface area contributed by atoms with E-state index in [0.717, 1.165) is 56.2 Å². The Bertz CT molecular complexity index is 871. The monoisotopic (exact) mass is 435 g/mol. The van der Waals surface area contributed by atoms with Crippen molar-refractivity contribution in [3.63, 3.8) is 0 Å². The SMILES string of the molecule is O=C(c1ccc(OCCCN2CC3CCCC3C2)cc1)N1CCN(c2ncccn2)CC1. The summed E-state index contributed by atoms with van der Waals surface area (Å²) >= 11 is 0. The first-order valence-corrected chi connectivity index (χ1v) is 12.0. The molecule has 7 heteroatoms. The molecule has 32 heavy (non-hydrogen) atoms. The minimum atomic E-state index is 0.0739. The topological polar surface area (TPSA) is 61.8 Å². The van der Waals surface area contributed by atoms with Gasteiger partial charge in [-0.15, -0.1) is 0 Å². The van der Waals surface area contributed by atoms with Gasteiger partial charge in [0.15, 0.2) is 0 Å². The first kappa shape index (κ1) is 21.2. The summed E-state index contributed by atoms with van der Waals surface area (Å²) in [5.41, 5.74) is 0.713. The number of rotatable bonds is 7. The van der Waals surface area contributed by atoms with Gasteiger partial charge in [0.2, 0.25) is 5.95 Å². The molecule has 5 rings (SSSR count). The molecule has 1 aliphatic carbocycles. The van der Waals surface area contributed by atoms with Crippen molar-refractivity contribution in [2.45, 2.75) is 25.7 Å². The Labute approximate surface area is 190 Å². The number of benzene rings is 1. The van der Waals surface area contributed by atoms with Crippen molar-refractivity contribution in [2.75, 3.05) is 57.3 Å². The van der Waals surface area contributed by atoms with Crippen LogP contribution < -0.4 is 9.64 Å². The molecule has 2 aliphatic heterocycles. The van der Waals surface area contributed by atoms with Crippen LogP contribution in [0.15, 0.2) is 42.7 Å². The van der Waals surface area contributed by atoms with Gasteiger partial charge in [-0.2, -0.15) is 0 Å². The maximum Gasteiger partial charge on any atom is 0.253 e. The molecular weight excluding hydrogens is 402 g/mol. The van der Waals surface area contributed by atoms with E-state index in [1.54, 1.807) is 12.4 Å². The van der Waals surface area contributed by atoms with Crippen molar-refractivity contribution in [3.05, 3.63) is 48.3 Å². The number of aromatic nitrogens is 2. The molecule has 7 nitrogen and oxygen atoms in total. The zero-order valence-electron chi connectivity index (χ0n) is 18.7. The first-order chi connectivity index (χ1) is 15.8. The highest BCUT2D eigenvalue weighted by Crippen LogP contribution is 2.37. The third-order valence-electron chi connectivity index (χ3n) is 7.19. The van der Waals surface area contributed by atoms with Crippen molar-refractivity contribution >= 4 is 11.9 Å². The summed E-state index contributed by atoms with van der Waals surface area (Å²) in [6, 6.07) is 9.41. The fourth-order valence-corrected chi connectivity index (χ4v) is 5.43. The molecule has 1 aromatic carbocycles. The quantitative estimate of drug-likeness (QED) is 0.623. The summed E-state index contributed by atoms with van der Waals surface area (Å²) in [5, 5.41) is 0. The van der Waals surface area contributed by atoms with Gasteiger partial charge in [0.1, 0.15) is 5.75 Å². The van der Waals surface area contributed by atoms with Crippen molar-refractivity contribution in [2.24, 2.45) is 11.8 Å². The fourth-order valence-electron chi connectivity index (χ4n) is 5.43. The van der Waals surface area contributed by atoms with Gasteiger partial charge in [-0.05, 0) is 61.4 Å². The number of hydrogen-bond donors (Lipinski definition) is 0. The van der Waals surface area contributed by atoms with Gasteiger partial charge in [-0.3, -0.25) is 4.79 Å². The third kappa shape index (κ3) is 4.88. The van der Waals surface area contributed by atoms with Crippen LogP contribution in [-0.2, 0) is 0 Å². The van der Waals surface area contributed by atoms with E-state index in [1.807, 2.05) is 35.2 Å². The van der Waals surface area contributed by atoms with Crippen LogP contribution in [0.1, 0.15) is 36.0 Å². The van der Waals surface area contributed by atoms with Crippen LogP contribution in [-0.4, -0.2) is 78.1 Å². The van der Waals surface area contributed by atoms with Crippen LogP contribution >= 0.6 is 0 Å². The molecule has 0 spiro atoms. The average molecular weight is 436 g/mol. The van der Waals surface area contributed by atoms with Crippen LogP contribution in [0.25, 0.3) is 0 Å². The summed E-state index contributed by atoms with van der Waals surface area (Å²) in [6.07, 6.45) is 8.85. The number of anilines is 1. The number of carbonyl (C=O) groups excluding carboxylic acids is 1. The van der Waals surface area contributed by atoms with Crippen LogP contribution in [0.3, 0.4) is 0 Å². The number of amides is 1. The lowest BCUT2D eigenvalue weighted by atomic mass is 10.0. The van der Waals surface area contributed by atoms with Gasteiger partial charge < -0.3 is 19.4 Å². The van der Waals surface area contributed by atoms with Crippen molar-refractivity contribution < 1.29 is 9.53 Å². The molecule has 3 heterocycles. The highest BCUT2D eigenvalue weighted by atomic mass is 16.5. The predicted octanol–water partition coefficient (Wildman–Crippen LogP) is 2.94. The van der Waals surface area contributed by atoms with Gasteiger partial charge >= 0.3 is 0 Å². The molecule has 1 aromatic heterocycles. The van der Waals surface area contributed by atoms with E-state index in [9.17, 15) is 4.79 Å². The second kappa shape index (κ2) is 9.86. The Balaban J connectivity index is 1.04. The fraction of sp³-hybridized carbons (Fsp3) is 0.560. The Kier molecular flexibility index (Phi) is 6.53. The predicted molar refractivity (Wildman–Crippen MR) is 124 cm³/mol. The number of nitrogens with zero attached hydrogens (tertiary/aromatic N) is 5. The van der Waals surface area contributed by atoms with Crippen LogP contribution in [0, 0.1) is 11.8 Å². The Morgan fingerprint density at radius 1 is 0.969 bits per heavy atom. The summed E-state index contributed by atoms with van der Waals surface area (Å²) in [5.74, 6) is 3.55. The molecule has 170 valence electrons. The zero-order valence-corrected chi connectivity index (χ0v) is 18.7. The highest BCUT2D eigenvalue weighted by Gasteiger charge is 2.35. The van der Waals surface area contributed by atoms with E-state index in [2.05, 4.69) is 19.8 Å². The van der Waals surface area contributed by atoms with Gasteiger partial charge in [-0.1, -0.05) is 6.42 Å². The van der Waals surface area contributed by atoms with Crippen LogP contribution in [0.2, 0.25) is 0 Å². The van der Waals surface area contributed by atoms with E-state index in [1.165, 1.54) is 32.4 Å². The number of hydrogen-bond acceptors (Lipinski definition) is 6. The molecule has 1 amide bonds. The van der Waals surface area contributed by atoms with Crippen molar-refractivity contribution in [1.29, 1.82) is 0 Å². The highest BCUT2D eigenvalue weighted by molar-refractivity contribution is 5.94. The molecule has 2 atom stereocenters. The summed E-state index contributed by atoms with van der Waals surface area (Å²) < 4.78 is 5.93. The van der Waals surface area contributed by atoms with Gasteiger partial charge in [0.05, 0.1) is 6.61 Å². The smallest absolute Gasteiger partial charge is 0.253 e. The molecule has 0 radical (unpaired) electrons. The molecule has 2 saturated heterocycles. The molecule has 3 aliphatic rings. The number of carbonyl (C=O) groups is 1. The van der Waals surface area contributed by atoms with Crippen molar-refractivity contribution in [1.82, 2.24) is 19.8 Å². The molecular formula is C25H33N5O2. The lowest BCUT2D eigenvalue weighted by Crippen LogP contribution is -2.49. The van der Waals surface area contributed by atoms with E-state index in [4.69, 9.17) is 4.74 Å². The minimum absolute atomic E-state index is 0.0739. The van der Waals surface area contributed by atoms with E-state index < -0.39 is 0 Å². The van der Waals surface area contributed by atoms with Crippen LogP contribution in [0.5, 0.6) is 5.75 Å². The van der Waals surface area contributed by atoms with E-state index >= 15 is 0 Å². The van der Waals surface area contributed by atoms with Gasteiger partial charge in [-0.25, -0.2) is 9.97 Å². The second-order valence-corrected chi connectivity index (χ2v) is 9.27. The summed E-state index contributed by atoms with van der Waals surface area (Å²) in [6.45, 7) is 7.26. The third-order valence-corrected chi connectivity index (χ3v) is 7.19. The Morgan fingerprint density at radius 2 is 1.66 bits per heavy atom. The number of likely N-dealkylation sites (tertiary alicyclic amines) is 1. The molecule has 1 saturated carbocycles. The zero-order chi connectivity index (χ0) is 21.8. The largest absolute Gasteiger partial charge is 0.494 e. The lowest BCUT2D eigenvalue weighted by Gasteiger charge is -2.34. The maximum absolute atomic E-state index is 12.9. The number of piperazine rings is 1. The summed E-state index contributed by atoms with van der Waals surface area (Å²) in [4.78, 5) is 28.1. The minimum Gasteiger partial charge on any atom is -0.494 e. The molecule has 0 N–H and O–H groups in total. The average Bonchev–Trinajstić information content (AvgIpc) is 3.45. The van der Waals surface area contributed by atoms with Crippen molar-refractivity contribution in [3.8, 4) is 5.75 Å². The second-order valence-electron chi connectivity index (χ2n) is 9.27. The number of fused-ring (bicyclic) bond motifs is 1. The summed E-state index contributed by atoms with van der Waals surface area (Å²) in [7, 11) is 0. The lowest BCUT2D eigenvalue weighted by molar-refractivity contribution is 0.0746. The normalized spacial score (nSPS) is 23.4. The molecule has 2 unspecified atom stereocenters. The standard InChI is InChI=1S/C25H33N5O2/c31-24(29-13-15-30(16-14-29)25-26-10-2-11-27-25)20-6-8-23(9-7-20)32-17-3-12-28-18-21-4-1-5-22(21)19-28/h2,6-11,21-22H,1,3-5,12-19H2. The molecule has 0 bridgehead atoms. The van der Waals surface area contributed by atoms with E-state index in [-0.39, 0.29) is 5.91 Å². The Hall–Kier alpha value is -2.67. The Morgan fingerprint density at radius 3 is 2.34 bits per heavy atom. The van der Waals surface area contributed by atoms with E-state index in [0.29, 0.717) is 18.7 Å². The van der Waals surface area contributed by atoms with Crippen LogP contribution in [0.4, 0.5) is 5.95 Å². The molecule has 2 aromatic rings. The van der Waals surface area contributed by atoms with Gasteiger partial charge in [0, 0.05) is 63.8 Å².